The molecule has 1 aliphatic heterocycles. The van der Waals surface area contributed by atoms with Crippen molar-refractivity contribution in [2.75, 3.05) is 7.11 Å². The molecular formula is C17H21N5O3. The Balaban J connectivity index is 1.68. The summed E-state index contributed by atoms with van der Waals surface area (Å²) in [4.78, 5) is 26.0. The van der Waals surface area contributed by atoms with E-state index in [-0.39, 0.29) is 18.5 Å². The molecule has 1 fully saturated rings. The number of ether oxygens (including phenoxy) is 1. The SMILES string of the molecule is COc1cccc(CN2C(=O)NC(Cc3cn(C(C)C)nn3)C2=O)c1. The van der Waals surface area contributed by atoms with Crippen molar-refractivity contribution in [3.8, 4) is 5.75 Å². The Bertz CT molecular complexity index is 786. The van der Waals surface area contributed by atoms with Crippen LogP contribution in [0.2, 0.25) is 0 Å². The van der Waals surface area contributed by atoms with E-state index in [1.807, 2.05) is 38.1 Å². The normalized spacial score (nSPS) is 17.3. The van der Waals surface area contributed by atoms with Crippen molar-refractivity contribution in [1.82, 2.24) is 25.2 Å². The molecule has 1 atom stereocenters. The summed E-state index contributed by atoms with van der Waals surface area (Å²) in [5, 5.41) is 10.8. The minimum atomic E-state index is -0.615. The summed E-state index contributed by atoms with van der Waals surface area (Å²) >= 11 is 0. The number of urea groups is 1. The van der Waals surface area contributed by atoms with E-state index in [0.29, 0.717) is 17.9 Å². The maximum absolute atomic E-state index is 12.6. The molecule has 0 saturated carbocycles. The number of methoxy groups -OCH3 is 1. The summed E-state index contributed by atoms with van der Waals surface area (Å²) < 4.78 is 6.90. The van der Waals surface area contributed by atoms with Crippen LogP contribution in [-0.2, 0) is 17.8 Å². The van der Waals surface area contributed by atoms with Gasteiger partial charge in [0, 0.05) is 18.7 Å². The van der Waals surface area contributed by atoms with Crippen LogP contribution in [0.3, 0.4) is 0 Å². The Labute approximate surface area is 145 Å². The van der Waals surface area contributed by atoms with E-state index >= 15 is 0 Å². The third kappa shape index (κ3) is 3.62. The highest BCUT2D eigenvalue weighted by Gasteiger charge is 2.38. The lowest BCUT2D eigenvalue weighted by molar-refractivity contribution is -0.127. The van der Waals surface area contributed by atoms with Gasteiger partial charge in [0.25, 0.3) is 5.91 Å². The van der Waals surface area contributed by atoms with Crippen LogP contribution in [-0.4, -0.2) is 45.0 Å². The molecule has 1 aromatic carbocycles. The Morgan fingerprint density at radius 1 is 1.32 bits per heavy atom. The third-order valence-corrected chi connectivity index (χ3v) is 4.08. The number of benzene rings is 1. The first kappa shape index (κ1) is 16.9. The van der Waals surface area contributed by atoms with Gasteiger partial charge in [-0.3, -0.25) is 9.69 Å². The highest BCUT2D eigenvalue weighted by molar-refractivity contribution is 6.04. The molecule has 1 aromatic heterocycles. The Morgan fingerprint density at radius 3 is 2.80 bits per heavy atom. The average Bonchev–Trinajstić information content (AvgIpc) is 3.16. The minimum Gasteiger partial charge on any atom is -0.497 e. The minimum absolute atomic E-state index is 0.194. The predicted octanol–water partition coefficient (Wildman–Crippen LogP) is 1.53. The topological polar surface area (TPSA) is 89.3 Å². The summed E-state index contributed by atoms with van der Waals surface area (Å²) in [7, 11) is 1.58. The van der Waals surface area contributed by atoms with E-state index in [2.05, 4.69) is 15.6 Å². The van der Waals surface area contributed by atoms with Crippen LogP contribution in [0.1, 0.15) is 31.1 Å². The van der Waals surface area contributed by atoms with Crippen LogP contribution in [0.25, 0.3) is 0 Å². The molecule has 1 N–H and O–H groups in total. The quantitative estimate of drug-likeness (QED) is 0.804. The van der Waals surface area contributed by atoms with Crippen molar-refractivity contribution in [1.29, 1.82) is 0 Å². The number of hydrogen-bond donors (Lipinski definition) is 1. The van der Waals surface area contributed by atoms with Gasteiger partial charge in [0.1, 0.15) is 11.8 Å². The number of hydrogen-bond acceptors (Lipinski definition) is 5. The summed E-state index contributed by atoms with van der Waals surface area (Å²) in [6.45, 7) is 4.20. The molecule has 132 valence electrons. The molecule has 0 bridgehead atoms. The monoisotopic (exact) mass is 343 g/mol. The van der Waals surface area contributed by atoms with Gasteiger partial charge >= 0.3 is 6.03 Å². The van der Waals surface area contributed by atoms with E-state index in [9.17, 15) is 9.59 Å². The van der Waals surface area contributed by atoms with Crippen LogP contribution in [0, 0.1) is 0 Å². The summed E-state index contributed by atoms with van der Waals surface area (Å²) in [6.07, 6.45) is 2.13. The fourth-order valence-corrected chi connectivity index (χ4v) is 2.69. The molecule has 0 aliphatic carbocycles. The fourth-order valence-electron chi connectivity index (χ4n) is 2.69. The second-order valence-electron chi connectivity index (χ2n) is 6.27. The maximum atomic E-state index is 12.6. The largest absolute Gasteiger partial charge is 0.497 e. The van der Waals surface area contributed by atoms with Gasteiger partial charge in [0.2, 0.25) is 0 Å². The lowest BCUT2D eigenvalue weighted by Gasteiger charge is -2.13. The molecule has 3 amide bonds. The first-order valence-electron chi connectivity index (χ1n) is 8.13. The van der Waals surface area contributed by atoms with Crippen LogP contribution in [0.4, 0.5) is 4.79 Å². The standard InChI is InChI=1S/C17H21N5O3/c1-11(2)22-10-13(19-20-22)8-15-16(23)21(17(24)18-15)9-12-5-4-6-14(7-12)25-3/h4-7,10-11,15H,8-9H2,1-3H3,(H,18,24). The smallest absolute Gasteiger partial charge is 0.325 e. The predicted molar refractivity (Wildman–Crippen MR) is 90.0 cm³/mol. The van der Waals surface area contributed by atoms with Gasteiger partial charge in [-0.05, 0) is 31.5 Å². The Kier molecular flexibility index (Phi) is 4.69. The number of rotatable bonds is 6. The van der Waals surface area contributed by atoms with Crippen LogP contribution >= 0.6 is 0 Å². The molecule has 1 unspecified atom stereocenters. The number of imide groups is 1. The van der Waals surface area contributed by atoms with E-state index in [1.54, 1.807) is 18.0 Å². The highest BCUT2D eigenvalue weighted by Crippen LogP contribution is 2.18. The van der Waals surface area contributed by atoms with E-state index in [1.165, 1.54) is 4.90 Å². The molecule has 25 heavy (non-hydrogen) atoms. The van der Waals surface area contributed by atoms with Crippen molar-refractivity contribution in [2.24, 2.45) is 0 Å². The lowest BCUT2D eigenvalue weighted by atomic mass is 10.1. The van der Waals surface area contributed by atoms with Crippen molar-refractivity contribution in [3.05, 3.63) is 41.7 Å². The number of aromatic nitrogens is 3. The molecule has 0 spiro atoms. The molecule has 1 saturated heterocycles. The van der Waals surface area contributed by atoms with Gasteiger partial charge < -0.3 is 10.1 Å². The molecule has 8 heteroatoms. The fraction of sp³-hybridized carbons (Fsp3) is 0.412. The van der Waals surface area contributed by atoms with Crippen LogP contribution < -0.4 is 10.1 Å². The second kappa shape index (κ2) is 6.92. The van der Waals surface area contributed by atoms with E-state index in [0.717, 1.165) is 5.56 Å². The van der Waals surface area contributed by atoms with Crippen LogP contribution in [0.5, 0.6) is 5.75 Å². The average molecular weight is 343 g/mol. The first-order chi connectivity index (χ1) is 12.0. The molecule has 3 rings (SSSR count). The van der Waals surface area contributed by atoms with Gasteiger partial charge in [0.05, 0.1) is 19.3 Å². The van der Waals surface area contributed by atoms with Crippen molar-refractivity contribution in [3.63, 3.8) is 0 Å². The lowest BCUT2D eigenvalue weighted by Crippen LogP contribution is -2.32. The van der Waals surface area contributed by atoms with Gasteiger partial charge in [-0.15, -0.1) is 5.10 Å². The molecule has 1 aliphatic rings. The number of nitrogens with one attached hydrogen (secondary N) is 1. The van der Waals surface area contributed by atoms with Crippen LogP contribution in [0.15, 0.2) is 30.5 Å². The third-order valence-electron chi connectivity index (χ3n) is 4.08. The van der Waals surface area contributed by atoms with Gasteiger partial charge in [0.15, 0.2) is 0 Å². The van der Waals surface area contributed by atoms with Gasteiger partial charge in [-0.1, -0.05) is 17.3 Å². The van der Waals surface area contributed by atoms with Gasteiger partial charge in [-0.2, -0.15) is 0 Å². The Hall–Kier alpha value is -2.90. The second-order valence-corrected chi connectivity index (χ2v) is 6.27. The van der Waals surface area contributed by atoms with E-state index in [4.69, 9.17) is 4.74 Å². The van der Waals surface area contributed by atoms with Crippen molar-refractivity contribution < 1.29 is 14.3 Å². The maximum Gasteiger partial charge on any atom is 0.325 e. The molecular weight excluding hydrogens is 322 g/mol. The summed E-state index contributed by atoms with van der Waals surface area (Å²) in [5.74, 6) is 0.429. The zero-order valence-electron chi connectivity index (χ0n) is 14.5. The zero-order valence-corrected chi connectivity index (χ0v) is 14.5. The van der Waals surface area contributed by atoms with E-state index < -0.39 is 12.1 Å². The number of amides is 3. The van der Waals surface area contributed by atoms with Crippen molar-refractivity contribution >= 4 is 11.9 Å². The molecule has 2 aromatic rings. The Morgan fingerprint density at radius 2 is 2.12 bits per heavy atom. The number of carbonyl (C=O) groups is 2. The summed E-state index contributed by atoms with van der Waals surface area (Å²) in [5.41, 5.74) is 1.50. The molecule has 0 radical (unpaired) electrons. The zero-order chi connectivity index (χ0) is 18.0. The first-order valence-corrected chi connectivity index (χ1v) is 8.13. The molecule has 8 nitrogen and oxygen atoms in total. The van der Waals surface area contributed by atoms with Crippen molar-refractivity contribution in [2.45, 2.75) is 38.9 Å². The summed E-state index contributed by atoms with van der Waals surface area (Å²) in [6, 6.07) is 6.49. The molecule has 2 heterocycles. The van der Waals surface area contributed by atoms with Gasteiger partial charge in [-0.25, -0.2) is 9.48 Å². The number of nitrogens with zero attached hydrogens (tertiary/aromatic N) is 4. The highest BCUT2D eigenvalue weighted by atomic mass is 16.5. The number of carbonyl (C=O) groups excluding carboxylic acids is 2.